The van der Waals surface area contributed by atoms with E-state index < -0.39 is 11.6 Å². The predicted octanol–water partition coefficient (Wildman–Crippen LogP) is 3.65. The summed E-state index contributed by atoms with van der Waals surface area (Å²) >= 11 is 0. The Morgan fingerprint density at radius 3 is 2.75 bits per heavy atom. The summed E-state index contributed by atoms with van der Waals surface area (Å²) in [5.41, 5.74) is 0.444. The lowest BCUT2D eigenvalue weighted by Gasteiger charge is -2.09. The second-order valence-corrected chi connectivity index (χ2v) is 4.30. The van der Waals surface area contributed by atoms with Gasteiger partial charge in [-0.25, -0.2) is 13.8 Å². The molecule has 0 aliphatic rings. The van der Waals surface area contributed by atoms with Gasteiger partial charge in [0.25, 0.3) is 5.88 Å². The first-order chi connectivity index (χ1) is 9.72. The van der Waals surface area contributed by atoms with Crippen LogP contribution in [-0.4, -0.2) is 11.5 Å². The van der Waals surface area contributed by atoms with Gasteiger partial charge in [0.15, 0.2) is 17.4 Å². The minimum atomic E-state index is -0.570. The molecule has 0 atom stereocenters. The van der Waals surface area contributed by atoms with Crippen LogP contribution >= 0.6 is 0 Å². The second-order valence-electron chi connectivity index (χ2n) is 4.30. The molecule has 0 saturated heterocycles. The van der Waals surface area contributed by atoms with E-state index in [1.54, 1.807) is 12.1 Å². The molecule has 5 heteroatoms. The quantitative estimate of drug-likeness (QED) is 0.819. The number of pyridine rings is 1. The highest BCUT2D eigenvalue weighted by atomic mass is 19.1. The van der Waals surface area contributed by atoms with Crippen LogP contribution in [0.25, 0.3) is 0 Å². The Kier molecular flexibility index (Phi) is 5.01. The average molecular weight is 278 g/mol. The summed E-state index contributed by atoms with van der Waals surface area (Å²) in [6.07, 6.45) is 2.41. The van der Waals surface area contributed by atoms with Crippen molar-refractivity contribution in [2.45, 2.75) is 19.9 Å². The van der Waals surface area contributed by atoms with Gasteiger partial charge in [-0.1, -0.05) is 19.1 Å². The van der Waals surface area contributed by atoms with Crippen molar-refractivity contribution < 1.29 is 13.5 Å². The van der Waals surface area contributed by atoms with Gasteiger partial charge in [0.2, 0.25) is 0 Å². The van der Waals surface area contributed by atoms with Gasteiger partial charge < -0.3 is 10.1 Å². The van der Waals surface area contributed by atoms with Crippen molar-refractivity contribution in [1.29, 1.82) is 0 Å². The van der Waals surface area contributed by atoms with Gasteiger partial charge in [0.1, 0.15) is 0 Å². The highest BCUT2D eigenvalue weighted by Gasteiger charge is 2.13. The minimum absolute atomic E-state index is 0.0439. The number of nitrogens with zero attached hydrogens (tertiary/aromatic N) is 1. The van der Waals surface area contributed by atoms with Crippen LogP contribution in [-0.2, 0) is 6.54 Å². The van der Waals surface area contributed by atoms with E-state index in [4.69, 9.17) is 4.74 Å². The van der Waals surface area contributed by atoms with Crippen LogP contribution in [0.5, 0.6) is 11.6 Å². The molecule has 0 aliphatic carbocycles. The third-order valence-electron chi connectivity index (χ3n) is 2.72. The minimum Gasteiger partial charge on any atom is -0.433 e. The van der Waals surface area contributed by atoms with E-state index in [9.17, 15) is 8.78 Å². The van der Waals surface area contributed by atoms with E-state index in [-0.39, 0.29) is 11.6 Å². The second kappa shape index (κ2) is 6.96. The van der Waals surface area contributed by atoms with Crippen molar-refractivity contribution in [3.63, 3.8) is 0 Å². The molecule has 0 spiro atoms. The smallest absolute Gasteiger partial charge is 0.256 e. The zero-order valence-electron chi connectivity index (χ0n) is 11.2. The molecule has 0 unspecified atom stereocenters. The first-order valence-corrected chi connectivity index (χ1v) is 6.49. The Hall–Kier alpha value is -2.01. The van der Waals surface area contributed by atoms with Crippen LogP contribution in [0, 0.1) is 11.6 Å². The molecule has 20 heavy (non-hydrogen) atoms. The largest absolute Gasteiger partial charge is 0.433 e. The number of hydrogen-bond donors (Lipinski definition) is 1. The molecule has 0 radical (unpaired) electrons. The molecule has 0 bridgehead atoms. The Morgan fingerprint density at radius 1 is 1.20 bits per heavy atom. The molecular weight excluding hydrogens is 262 g/mol. The van der Waals surface area contributed by atoms with Crippen molar-refractivity contribution in [1.82, 2.24) is 10.3 Å². The Labute approximate surface area is 116 Å². The number of nitrogens with one attached hydrogen (secondary N) is 1. The Morgan fingerprint density at radius 2 is 2.00 bits per heavy atom. The summed E-state index contributed by atoms with van der Waals surface area (Å²) in [5, 5.41) is 3.10. The fourth-order valence-electron chi connectivity index (χ4n) is 1.70. The van der Waals surface area contributed by atoms with Crippen LogP contribution in [0.3, 0.4) is 0 Å². The van der Waals surface area contributed by atoms with Crippen molar-refractivity contribution in [3.8, 4) is 11.6 Å². The standard InChI is InChI=1S/C15H16F2N2O/c1-2-8-18-10-11-7-9-19-15(14(11)17)20-13-6-4-3-5-12(13)16/h3-7,9,18H,2,8,10H2,1H3. The summed E-state index contributed by atoms with van der Waals surface area (Å²) in [6.45, 7) is 3.21. The first kappa shape index (κ1) is 14.4. The number of aromatic nitrogens is 1. The van der Waals surface area contributed by atoms with Gasteiger partial charge >= 0.3 is 0 Å². The fraction of sp³-hybridized carbons (Fsp3) is 0.267. The van der Waals surface area contributed by atoms with Gasteiger partial charge in [0.05, 0.1) is 0 Å². The SMILES string of the molecule is CCCNCc1ccnc(Oc2ccccc2F)c1F. The number of ether oxygens (including phenoxy) is 1. The molecule has 0 saturated carbocycles. The summed E-state index contributed by atoms with van der Waals surface area (Å²) in [4.78, 5) is 3.81. The van der Waals surface area contributed by atoms with Crippen LogP contribution < -0.4 is 10.1 Å². The van der Waals surface area contributed by atoms with Gasteiger partial charge in [-0.05, 0) is 31.2 Å². The van der Waals surface area contributed by atoms with Crippen LogP contribution in [0.4, 0.5) is 8.78 Å². The van der Waals surface area contributed by atoms with Crippen LogP contribution in [0.1, 0.15) is 18.9 Å². The number of hydrogen-bond acceptors (Lipinski definition) is 3. The zero-order chi connectivity index (χ0) is 14.4. The lowest BCUT2D eigenvalue weighted by Crippen LogP contribution is -2.15. The molecule has 0 fully saturated rings. The maximum Gasteiger partial charge on any atom is 0.256 e. The number of halogens is 2. The summed E-state index contributed by atoms with van der Waals surface area (Å²) < 4.78 is 32.8. The average Bonchev–Trinajstić information content (AvgIpc) is 2.45. The summed E-state index contributed by atoms with van der Waals surface area (Å²) in [5.74, 6) is -1.38. The molecule has 106 valence electrons. The normalized spacial score (nSPS) is 10.6. The summed E-state index contributed by atoms with van der Waals surface area (Å²) in [6, 6.07) is 7.41. The number of rotatable bonds is 6. The highest BCUT2D eigenvalue weighted by molar-refractivity contribution is 5.31. The van der Waals surface area contributed by atoms with Crippen LogP contribution in [0.15, 0.2) is 36.5 Å². The fourth-order valence-corrected chi connectivity index (χ4v) is 1.70. The number of para-hydroxylation sites is 1. The van der Waals surface area contributed by atoms with Crippen molar-refractivity contribution >= 4 is 0 Å². The molecule has 2 aromatic rings. The molecule has 1 heterocycles. The lowest BCUT2D eigenvalue weighted by atomic mass is 10.2. The van der Waals surface area contributed by atoms with Crippen molar-refractivity contribution in [2.75, 3.05) is 6.54 Å². The third kappa shape index (κ3) is 3.51. The Balaban J connectivity index is 2.16. The molecule has 3 nitrogen and oxygen atoms in total. The van der Waals surface area contributed by atoms with Crippen molar-refractivity contribution in [3.05, 3.63) is 53.7 Å². The lowest BCUT2D eigenvalue weighted by molar-refractivity contribution is 0.394. The maximum atomic E-state index is 14.2. The van der Waals surface area contributed by atoms with E-state index in [0.717, 1.165) is 13.0 Å². The van der Waals surface area contributed by atoms with Crippen LogP contribution in [0.2, 0.25) is 0 Å². The third-order valence-corrected chi connectivity index (χ3v) is 2.72. The molecule has 0 amide bonds. The van der Waals surface area contributed by atoms with Gasteiger partial charge in [-0.2, -0.15) is 0 Å². The topological polar surface area (TPSA) is 34.2 Å². The maximum absolute atomic E-state index is 14.2. The predicted molar refractivity (Wildman–Crippen MR) is 72.7 cm³/mol. The van der Waals surface area contributed by atoms with E-state index in [0.29, 0.717) is 12.1 Å². The van der Waals surface area contributed by atoms with Gasteiger partial charge in [0, 0.05) is 18.3 Å². The first-order valence-electron chi connectivity index (χ1n) is 6.49. The van der Waals surface area contributed by atoms with Gasteiger partial charge in [-0.3, -0.25) is 0 Å². The molecule has 0 aliphatic heterocycles. The molecule has 1 aromatic heterocycles. The van der Waals surface area contributed by atoms with Gasteiger partial charge in [-0.15, -0.1) is 0 Å². The monoisotopic (exact) mass is 278 g/mol. The highest BCUT2D eigenvalue weighted by Crippen LogP contribution is 2.25. The molecule has 1 aromatic carbocycles. The molecular formula is C15H16F2N2O. The van der Waals surface area contributed by atoms with E-state index >= 15 is 0 Å². The van der Waals surface area contributed by atoms with Crippen molar-refractivity contribution in [2.24, 2.45) is 0 Å². The Bertz CT molecular complexity index is 576. The zero-order valence-corrected chi connectivity index (χ0v) is 11.2. The molecule has 2 rings (SSSR count). The van der Waals surface area contributed by atoms with E-state index in [1.807, 2.05) is 6.92 Å². The molecule has 1 N–H and O–H groups in total. The van der Waals surface area contributed by atoms with E-state index in [1.165, 1.54) is 24.4 Å². The number of benzene rings is 1. The summed E-state index contributed by atoms with van der Waals surface area (Å²) in [7, 11) is 0. The van der Waals surface area contributed by atoms with E-state index in [2.05, 4.69) is 10.3 Å².